The van der Waals surface area contributed by atoms with Crippen molar-refractivity contribution in [2.45, 2.75) is 56.2 Å². The summed E-state index contributed by atoms with van der Waals surface area (Å²) in [6.07, 6.45) is 5.81. The first-order valence-corrected chi connectivity index (χ1v) is 8.67. The number of amidine groups is 1. The van der Waals surface area contributed by atoms with Gasteiger partial charge in [-0.05, 0) is 19.8 Å². The SMILES string of the molecule is CC(C(=O)NC1(C(N)=NO)CCCCCC1)S(C)(=O)=O. The lowest BCUT2D eigenvalue weighted by atomic mass is 9.88. The van der Waals surface area contributed by atoms with Gasteiger partial charge in [0.15, 0.2) is 15.7 Å². The van der Waals surface area contributed by atoms with Crippen LogP contribution in [0.15, 0.2) is 5.16 Å². The summed E-state index contributed by atoms with van der Waals surface area (Å²) in [4.78, 5) is 12.1. The van der Waals surface area contributed by atoms with Gasteiger partial charge in [0.1, 0.15) is 10.8 Å². The maximum atomic E-state index is 12.1. The Morgan fingerprint density at radius 2 is 1.80 bits per heavy atom. The van der Waals surface area contributed by atoms with Crippen molar-refractivity contribution < 1.29 is 18.4 Å². The van der Waals surface area contributed by atoms with E-state index in [0.717, 1.165) is 31.9 Å². The summed E-state index contributed by atoms with van der Waals surface area (Å²) in [6, 6.07) is 0. The normalized spacial score (nSPS) is 21.8. The minimum absolute atomic E-state index is 0.0616. The summed E-state index contributed by atoms with van der Waals surface area (Å²) in [5.41, 5.74) is 4.80. The molecule has 0 heterocycles. The molecule has 8 heteroatoms. The van der Waals surface area contributed by atoms with Gasteiger partial charge < -0.3 is 16.3 Å². The molecule has 1 amide bonds. The lowest BCUT2D eigenvalue weighted by molar-refractivity contribution is -0.121. The average molecular weight is 305 g/mol. The Morgan fingerprint density at radius 1 is 1.30 bits per heavy atom. The monoisotopic (exact) mass is 305 g/mol. The molecular weight excluding hydrogens is 282 g/mol. The zero-order chi connectivity index (χ0) is 15.4. The van der Waals surface area contributed by atoms with Crippen LogP contribution in [-0.4, -0.2) is 42.4 Å². The zero-order valence-corrected chi connectivity index (χ0v) is 12.7. The number of nitrogens with one attached hydrogen (secondary N) is 1. The van der Waals surface area contributed by atoms with Gasteiger partial charge in [-0.25, -0.2) is 8.42 Å². The molecule has 7 nitrogen and oxygen atoms in total. The minimum atomic E-state index is -3.48. The van der Waals surface area contributed by atoms with Gasteiger partial charge in [0, 0.05) is 6.26 Å². The highest BCUT2D eigenvalue weighted by Crippen LogP contribution is 2.27. The molecule has 4 N–H and O–H groups in total. The van der Waals surface area contributed by atoms with Crippen LogP contribution in [-0.2, 0) is 14.6 Å². The second-order valence-corrected chi connectivity index (χ2v) is 7.81. The van der Waals surface area contributed by atoms with E-state index in [-0.39, 0.29) is 5.84 Å². The molecule has 0 spiro atoms. The highest BCUT2D eigenvalue weighted by molar-refractivity contribution is 7.92. The molecule has 20 heavy (non-hydrogen) atoms. The second-order valence-electron chi connectivity index (χ2n) is 5.44. The van der Waals surface area contributed by atoms with Crippen molar-refractivity contribution in [3.8, 4) is 0 Å². The number of rotatable bonds is 4. The predicted octanol–water partition coefficient (Wildman–Crippen LogP) is 0.375. The second kappa shape index (κ2) is 6.43. The van der Waals surface area contributed by atoms with Gasteiger partial charge in [-0.15, -0.1) is 0 Å². The average Bonchev–Trinajstić information content (AvgIpc) is 2.62. The van der Waals surface area contributed by atoms with Crippen LogP contribution in [0.1, 0.15) is 45.4 Å². The molecule has 1 unspecified atom stereocenters. The van der Waals surface area contributed by atoms with E-state index < -0.39 is 26.5 Å². The first kappa shape index (κ1) is 16.7. The van der Waals surface area contributed by atoms with E-state index in [1.165, 1.54) is 6.92 Å². The van der Waals surface area contributed by atoms with Crippen LogP contribution in [0, 0.1) is 0 Å². The van der Waals surface area contributed by atoms with E-state index in [2.05, 4.69) is 10.5 Å². The number of sulfone groups is 1. The molecule has 116 valence electrons. The molecule has 1 saturated carbocycles. The molecule has 0 aromatic heterocycles. The number of nitrogens with two attached hydrogens (primary N) is 1. The van der Waals surface area contributed by atoms with Crippen molar-refractivity contribution in [3.63, 3.8) is 0 Å². The standard InChI is InChI=1S/C12H23N3O4S/c1-9(20(2,18)19)10(16)14-12(11(13)15-17)7-5-3-4-6-8-12/h9,17H,3-8H2,1-2H3,(H2,13,15)(H,14,16). The highest BCUT2D eigenvalue weighted by atomic mass is 32.2. The van der Waals surface area contributed by atoms with Crippen LogP contribution in [0.4, 0.5) is 0 Å². The summed E-state index contributed by atoms with van der Waals surface area (Å²) >= 11 is 0. The number of oxime groups is 1. The molecule has 1 aliphatic carbocycles. The Hall–Kier alpha value is -1.31. The first-order valence-electron chi connectivity index (χ1n) is 6.72. The van der Waals surface area contributed by atoms with Gasteiger partial charge in [0.2, 0.25) is 5.91 Å². The van der Waals surface area contributed by atoms with Crippen molar-refractivity contribution in [1.29, 1.82) is 0 Å². The lowest BCUT2D eigenvalue weighted by Crippen LogP contribution is -2.59. The van der Waals surface area contributed by atoms with Gasteiger partial charge in [0.05, 0.1) is 0 Å². The van der Waals surface area contributed by atoms with E-state index in [1.807, 2.05) is 0 Å². The third kappa shape index (κ3) is 3.84. The Balaban J connectivity index is 2.99. The molecule has 0 saturated heterocycles. The van der Waals surface area contributed by atoms with Gasteiger partial charge >= 0.3 is 0 Å². The van der Waals surface area contributed by atoms with Crippen LogP contribution < -0.4 is 11.1 Å². The fourth-order valence-corrected chi connectivity index (χ4v) is 2.85. The summed E-state index contributed by atoms with van der Waals surface area (Å²) in [6.45, 7) is 1.33. The smallest absolute Gasteiger partial charge is 0.238 e. The Morgan fingerprint density at radius 3 is 2.20 bits per heavy atom. The summed E-state index contributed by atoms with van der Waals surface area (Å²) < 4.78 is 22.9. The molecule has 0 aromatic rings. The molecule has 1 fully saturated rings. The van der Waals surface area contributed by atoms with Gasteiger partial charge in [0.25, 0.3) is 0 Å². The Bertz CT molecular complexity index is 479. The minimum Gasteiger partial charge on any atom is -0.409 e. The lowest BCUT2D eigenvalue weighted by Gasteiger charge is -2.33. The van der Waals surface area contributed by atoms with E-state index in [4.69, 9.17) is 10.9 Å². The van der Waals surface area contributed by atoms with Crippen molar-refractivity contribution >= 4 is 21.6 Å². The molecule has 1 rings (SSSR count). The number of amides is 1. The van der Waals surface area contributed by atoms with Crippen LogP contribution in [0.5, 0.6) is 0 Å². The molecule has 0 aliphatic heterocycles. The quantitative estimate of drug-likeness (QED) is 0.228. The third-order valence-electron chi connectivity index (χ3n) is 3.93. The number of nitrogens with zero attached hydrogens (tertiary/aromatic N) is 1. The van der Waals surface area contributed by atoms with Crippen molar-refractivity contribution in [2.75, 3.05) is 6.26 Å². The van der Waals surface area contributed by atoms with Crippen molar-refractivity contribution in [2.24, 2.45) is 10.9 Å². The number of hydrogen-bond donors (Lipinski definition) is 3. The van der Waals surface area contributed by atoms with E-state index in [0.29, 0.717) is 12.8 Å². The summed E-state index contributed by atoms with van der Waals surface area (Å²) in [7, 11) is -3.48. The summed E-state index contributed by atoms with van der Waals surface area (Å²) in [5, 5.41) is 13.5. The van der Waals surface area contributed by atoms with E-state index in [9.17, 15) is 13.2 Å². The number of hydrogen-bond acceptors (Lipinski definition) is 5. The number of carbonyl (C=O) groups is 1. The molecule has 0 aromatic carbocycles. The molecule has 0 bridgehead atoms. The fourth-order valence-electron chi connectivity index (χ4n) is 2.40. The van der Waals surface area contributed by atoms with Crippen molar-refractivity contribution in [3.05, 3.63) is 0 Å². The largest absolute Gasteiger partial charge is 0.409 e. The van der Waals surface area contributed by atoms with Crippen molar-refractivity contribution in [1.82, 2.24) is 5.32 Å². The first-order chi connectivity index (χ1) is 9.23. The highest BCUT2D eigenvalue weighted by Gasteiger charge is 2.39. The van der Waals surface area contributed by atoms with Gasteiger partial charge in [-0.3, -0.25) is 4.79 Å². The Labute approximate surface area is 119 Å². The number of carbonyl (C=O) groups excluding carboxylic acids is 1. The van der Waals surface area contributed by atoms with Crippen LogP contribution >= 0.6 is 0 Å². The van der Waals surface area contributed by atoms with Crippen LogP contribution in [0.2, 0.25) is 0 Å². The fraction of sp³-hybridized carbons (Fsp3) is 0.833. The maximum Gasteiger partial charge on any atom is 0.238 e. The topological polar surface area (TPSA) is 122 Å². The molecule has 1 aliphatic rings. The van der Waals surface area contributed by atoms with Crippen LogP contribution in [0.3, 0.4) is 0 Å². The summed E-state index contributed by atoms with van der Waals surface area (Å²) in [5.74, 6) is -0.672. The molecule has 0 radical (unpaired) electrons. The van der Waals surface area contributed by atoms with Crippen LogP contribution in [0.25, 0.3) is 0 Å². The van der Waals surface area contributed by atoms with Gasteiger partial charge in [-0.2, -0.15) is 0 Å². The third-order valence-corrected chi connectivity index (χ3v) is 5.43. The van der Waals surface area contributed by atoms with E-state index in [1.54, 1.807) is 0 Å². The van der Waals surface area contributed by atoms with E-state index >= 15 is 0 Å². The van der Waals surface area contributed by atoms with Gasteiger partial charge in [-0.1, -0.05) is 30.8 Å². The maximum absolute atomic E-state index is 12.1. The Kier molecular flexibility index (Phi) is 5.38. The molecule has 1 atom stereocenters. The predicted molar refractivity (Wildman–Crippen MR) is 76.3 cm³/mol. The molecular formula is C12H23N3O4S. The zero-order valence-electron chi connectivity index (χ0n) is 11.9.